The van der Waals surface area contributed by atoms with Crippen molar-refractivity contribution < 1.29 is 4.79 Å². The molecule has 0 radical (unpaired) electrons. The van der Waals surface area contributed by atoms with Gasteiger partial charge in [-0.2, -0.15) is 0 Å². The van der Waals surface area contributed by atoms with Gasteiger partial charge in [-0.1, -0.05) is 61.8 Å². The van der Waals surface area contributed by atoms with Crippen molar-refractivity contribution in [2.45, 2.75) is 107 Å². The highest BCUT2D eigenvalue weighted by molar-refractivity contribution is 5.76. The topological polar surface area (TPSA) is 29.1 Å². The molecule has 0 aliphatic heterocycles. The van der Waals surface area contributed by atoms with Crippen molar-refractivity contribution in [1.29, 1.82) is 0 Å². The Morgan fingerprint density at radius 2 is 1.41 bits per heavy atom. The van der Waals surface area contributed by atoms with Crippen molar-refractivity contribution in [3.63, 3.8) is 0 Å². The number of carbonyl (C=O) groups is 1. The molecule has 2 nitrogen and oxygen atoms in total. The van der Waals surface area contributed by atoms with Gasteiger partial charge in [-0.25, -0.2) is 0 Å². The van der Waals surface area contributed by atoms with E-state index in [9.17, 15) is 4.79 Å². The van der Waals surface area contributed by atoms with Crippen LogP contribution in [0.15, 0.2) is 0 Å². The first-order valence-corrected chi connectivity index (χ1v) is 9.00. The summed E-state index contributed by atoms with van der Waals surface area (Å²) in [7, 11) is 0. The van der Waals surface area contributed by atoms with E-state index in [1.165, 1.54) is 25.7 Å². The quantitative estimate of drug-likeness (QED) is 0.589. The van der Waals surface area contributed by atoms with E-state index in [1.54, 1.807) is 0 Å². The highest BCUT2D eigenvalue weighted by atomic mass is 16.1. The fraction of sp³-hybridized carbons (Fsp3) is 0.950. The van der Waals surface area contributed by atoms with Crippen LogP contribution in [-0.2, 0) is 4.79 Å². The van der Waals surface area contributed by atoms with Crippen LogP contribution in [0.1, 0.15) is 101 Å². The van der Waals surface area contributed by atoms with E-state index >= 15 is 0 Å². The fourth-order valence-corrected chi connectivity index (χ4v) is 2.71. The molecule has 0 aliphatic carbocycles. The van der Waals surface area contributed by atoms with Crippen LogP contribution >= 0.6 is 0 Å². The first-order chi connectivity index (χ1) is 9.70. The molecule has 0 saturated carbocycles. The van der Waals surface area contributed by atoms with Gasteiger partial charge in [-0.05, 0) is 48.9 Å². The molecule has 1 N–H and O–H groups in total. The third-order valence-corrected chi connectivity index (χ3v) is 4.13. The van der Waals surface area contributed by atoms with Crippen LogP contribution in [0.2, 0.25) is 0 Å². The van der Waals surface area contributed by atoms with Crippen LogP contribution in [0.3, 0.4) is 0 Å². The summed E-state index contributed by atoms with van der Waals surface area (Å²) in [6, 6.07) is 0.275. The molecule has 0 aliphatic rings. The number of nitrogens with one attached hydrogen (secondary N) is 1. The summed E-state index contributed by atoms with van der Waals surface area (Å²) in [6.07, 6.45) is 6.70. The molecular formula is C20H41NO. The Balaban J connectivity index is 4.06. The Hall–Kier alpha value is -0.530. The predicted molar refractivity (Wildman–Crippen MR) is 98.0 cm³/mol. The average molecular weight is 312 g/mol. The van der Waals surface area contributed by atoms with Crippen molar-refractivity contribution >= 4 is 5.91 Å². The lowest BCUT2D eigenvalue weighted by Gasteiger charge is -2.28. The summed E-state index contributed by atoms with van der Waals surface area (Å²) < 4.78 is 0. The third-order valence-electron chi connectivity index (χ3n) is 4.13. The van der Waals surface area contributed by atoms with Crippen LogP contribution < -0.4 is 5.32 Å². The molecule has 0 bridgehead atoms. The minimum atomic E-state index is 0.0655. The molecule has 0 aromatic heterocycles. The monoisotopic (exact) mass is 311 g/mol. The normalized spacial score (nSPS) is 14.8. The zero-order valence-corrected chi connectivity index (χ0v) is 16.7. The Morgan fingerprint density at radius 1 is 0.864 bits per heavy atom. The van der Waals surface area contributed by atoms with Crippen molar-refractivity contribution in [3.05, 3.63) is 0 Å². The number of hydrogen-bond acceptors (Lipinski definition) is 1. The Morgan fingerprint density at radius 3 is 1.86 bits per heavy atom. The SMILES string of the molecule is CC(CCC(C)(C)CCCC(C)(C)C)NC(=O)CC(C)(C)C. The van der Waals surface area contributed by atoms with Gasteiger partial charge in [0.05, 0.1) is 0 Å². The van der Waals surface area contributed by atoms with Crippen molar-refractivity contribution in [2.75, 3.05) is 0 Å². The van der Waals surface area contributed by atoms with Crippen LogP contribution in [0.4, 0.5) is 0 Å². The minimum absolute atomic E-state index is 0.0655. The van der Waals surface area contributed by atoms with E-state index in [2.05, 4.69) is 67.6 Å². The average Bonchev–Trinajstić information content (AvgIpc) is 2.21. The Bertz CT molecular complexity index is 331. The van der Waals surface area contributed by atoms with Crippen LogP contribution in [0.5, 0.6) is 0 Å². The summed E-state index contributed by atoms with van der Waals surface area (Å²) in [6.45, 7) is 20.1. The first-order valence-electron chi connectivity index (χ1n) is 9.00. The molecule has 0 aromatic carbocycles. The number of amides is 1. The van der Waals surface area contributed by atoms with Gasteiger partial charge in [-0.15, -0.1) is 0 Å². The van der Waals surface area contributed by atoms with E-state index in [1.807, 2.05) is 0 Å². The van der Waals surface area contributed by atoms with Gasteiger partial charge >= 0.3 is 0 Å². The zero-order valence-electron chi connectivity index (χ0n) is 16.7. The highest BCUT2D eigenvalue weighted by Crippen LogP contribution is 2.32. The molecule has 0 saturated heterocycles. The molecular weight excluding hydrogens is 270 g/mol. The maximum atomic E-state index is 12.0. The van der Waals surface area contributed by atoms with Crippen molar-refractivity contribution in [2.24, 2.45) is 16.2 Å². The van der Waals surface area contributed by atoms with Crippen LogP contribution in [0.25, 0.3) is 0 Å². The van der Waals surface area contributed by atoms with E-state index in [4.69, 9.17) is 0 Å². The van der Waals surface area contributed by atoms with Crippen molar-refractivity contribution in [1.82, 2.24) is 5.32 Å². The molecule has 0 rings (SSSR count). The molecule has 0 aromatic rings. The maximum absolute atomic E-state index is 12.0. The molecule has 132 valence electrons. The number of carbonyl (C=O) groups excluding carboxylic acids is 1. The summed E-state index contributed by atoms with van der Waals surface area (Å²) in [5, 5.41) is 3.15. The van der Waals surface area contributed by atoms with Crippen LogP contribution in [0, 0.1) is 16.2 Å². The van der Waals surface area contributed by atoms with E-state index < -0.39 is 0 Å². The number of rotatable bonds is 8. The second-order valence-electron chi connectivity index (χ2n) is 10.3. The minimum Gasteiger partial charge on any atom is -0.354 e. The lowest BCUT2D eigenvalue weighted by atomic mass is 9.79. The molecule has 2 heteroatoms. The molecule has 22 heavy (non-hydrogen) atoms. The largest absolute Gasteiger partial charge is 0.354 e. The van der Waals surface area contributed by atoms with E-state index in [0.29, 0.717) is 17.3 Å². The molecule has 1 atom stereocenters. The molecule has 1 unspecified atom stereocenters. The van der Waals surface area contributed by atoms with Gasteiger partial charge in [0, 0.05) is 12.5 Å². The molecule has 0 fully saturated rings. The maximum Gasteiger partial charge on any atom is 0.220 e. The molecule has 0 heterocycles. The van der Waals surface area contributed by atoms with Gasteiger partial charge in [-0.3, -0.25) is 4.79 Å². The van der Waals surface area contributed by atoms with Gasteiger partial charge in [0.25, 0.3) is 0 Å². The first kappa shape index (κ1) is 21.5. The van der Waals surface area contributed by atoms with E-state index in [0.717, 1.165) is 6.42 Å². The summed E-state index contributed by atoms with van der Waals surface area (Å²) in [4.78, 5) is 12.0. The fourth-order valence-electron chi connectivity index (χ4n) is 2.71. The second-order valence-corrected chi connectivity index (χ2v) is 10.3. The van der Waals surface area contributed by atoms with Crippen molar-refractivity contribution in [3.8, 4) is 0 Å². The Labute approximate surface area is 139 Å². The summed E-state index contributed by atoms with van der Waals surface area (Å²) in [5.41, 5.74) is 0.870. The zero-order chi connectivity index (χ0) is 17.6. The second kappa shape index (κ2) is 8.36. The lowest BCUT2D eigenvalue weighted by Crippen LogP contribution is -2.35. The summed E-state index contributed by atoms with van der Waals surface area (Å²) >= 11 is 0. The van der Waals surface area contributed by atoms with Gasteiger partial charge in [0.1, 0.15) is 0 Å². The third kappa shape index (κ3) is 13.2. The Kier molecular flexibility index (Phi) is 8.16. The standard InChI is InChI=1S/C20H41NO/c1-16(21-17(22)15-19(5,6)7)11-14-20(8,9)13-10-12-18(2,3)4/h16H,10-15H2,1-9H3,(H,21,22). The lowest BCUT2D eigenvalue weighted by molar-refractivity contribution is -0.123. The van der Waals surface area contributed by atoms with Gasteiger partial charge in [0.15, 0.2) is 0 Å². The highest BCUT2D eigenvalue weighted by Gasteiger charge is 2.22. The number of hydrogen-bond donors (Lipinski definition) is 1. The summed E-state index contributed by atoms with van der Waals surface area (Å²) in [5.74, 6) is 0.186. The van der Waals surface area contributed by atoms with E-state index in [-0.39, 0.29) is 17.4 Å². The van der Waals surface area contributed by atoms with Gasteiger partial charge < -0.3 is 5.32 Å². The smallest absolute Gasteiger partial charge is 0.220 e. The molecule has 0 spiro atoms. The van der Waals surface area contributed by atoms with Gasteiger partial charge in [0.2, 0.25) is 5.91 Å². The van der Waals surface area contributed by atoms with Crippen LogP contribution in [-0.4, -0.2) is 11.9 Å². The predicted octanol–water partition coefficient (Wildman–Crippen LogP) is 5.95. The molecule has 1 amide bonds.